The van der Waals surface area contributed by atoms with Gasteiger partial charge in [-0.25, -0.2) is 0 Å². The Morgan fingerprint density at radius 1 is 0.966 bits per heavy atom. The van der Waals surface area contributed by atoms with E-state index in [2.05, 4.69) is 44.5 Å². The Morgan fingerprint density at radius 2 is 1.61 bits per heavy atom. The highest BCUT2D eigenvalue weighted by Gasteiger charge is 2.48. The maximum atomic E-state index is 14.7. The van der Waals surface area contributed by atoms with Crippen LogP contribution in [0.5, 0.6) is 17.2 Å². The van der Waals surface area contributed by atoms with Gasteiger partial charge in [0.25, 0.3) is 5.91 Å². The number of hydrogen-bond acceptors (Lipinski definition) is 11. The fourth-order valence-corrected chi connectivity index (χ4v) is 9.15. The number of hydrogen-bond donors (Lipinski definition) is 4. The summed E-state index contributed by atoms with van der Waals surface area (Å²) in [4.78, 5) is 53.0. The van der Waals surface area contributed by atoms with Crippen molar-refractivity contribution in [3.63, 3.8) is 0 Å². The number of anilines is 1. The van der Waals surface area contributed by atoms with Gasteiger partial charge in [0.05, 0.1) is 22.4 Å². The zero-order chi connectivity index (χ0) is 43.7. The summed E-state index contributed by atoms with van der Waals surface area (Å²) in [5.41, 5.74) is -1.41. The Kier molecular flexibility index (Phi) is 13.9. The molecule has 3 aliphatic rings. The third-order valence-corrected chi connectivity index (χ3v) is 12.3. The second-order valence-electron chi connectivity index (χ2n) is 18.4. The summed E-state index contributed by atoms with van der Waals surface area (Å²) in [5, 5.41) is 38.6. The molecule has 0 aliphatic carbocycles. The van der Waals surface area contributed by atoms with Crippen LogP contribution in [-0.2, 0) is 14.3 Å². The minimum atomic E-state index is -1.36. The van der Waals surface area contributed by atoms with Crippen molar-refractivity contribution in [2.45, 2.75) is 132 Å². The van der Waals surface area contributed by atoms with Crippen LogP contribution >= 0.6 is 0 Å². The lowest BCUT2D eigenvalue weighted by Crippen LogP contribution is -2.43. The van der Waals surface area contributed by atoms with Crippen molar-refractivity contribution < 1.29 is 39.2 Å². The molecule has 2 aromatic rings. The molecule has 1 fully saturated rings. The minimum absolute atomic E-state index is 0.00463. The number of ether oxygens (including phenoxy) is 2. The Bertz CT molecular complexity index is 2170. The first kappa shape index (κ1) is 45.5. The van der Waals surface area contributed by atoms with Crippen LogP contribution in [0.25, 0.3) is 10.8 Å². The molecule has 12 heteroatoms. The first-order chi connectivity index (χ1) is 27.6. The Hall–Kier alpha value is -4.55. The molecule has 6 atom stereocenters. The smallest absolute Gasteiger partial charge is 0.302 e. The molecule has 322 valence electrons. The maximum Gasteiger partial charge on any atom is 0.302 e. The number of allylic oxidation sites excluding steroid dienone is 3. The molecule has 1 spiro atoms. The Morgan fingerprint density at radius 3 is 2.20 bits per heavy atom. The van der Waals surface area contributed by atoms with Gasteiger partial charge in [-0.15, -0.1) is 0 Å². The number of nitrogens with one attached hydrogen (secondary N) is 1. The van der Waals surface area contributed by atoms with E-state index in [4.69, 9.17) is 19.5 Å². The summed E-state index contributed by atoms with van der Waals surface area (Å²) in [7, 11) is 0. The molecule has 5 rings (SSSR count). The quantitative estimate of drug-likeness (QED) is 0.0448. The maximum absolute atomic E-state index is 14.7. The highest BCUT2D eigenvalue weighted by atomic mass is 16.5. The van der Waals surface area contributed by atoms with Gasteiger partial charge in [-0.05, 0) is 57.3 Å². The molecule has 0 unspecified atom stereocenters. The first-order valence-electron chi connectivity index (χ1n) is 21.3. The summed E-state index contributed by atoms with van der Waals surface area (Å²) in [6.45, 7) is 27.0. The third-order valence-electron chi connectivity index (χ3n) is 12.3. The average Bonchev–Trinajstić information content (AvgIpc) is 3.66. The lowest BCUT2D eigenvalue weighted by Gasteiger charge is -2.36. The number of ketones is 1. The van der Waals surface area contributed by atoms with Crippen molar-refractivity contribution in [2.24, 2.45) is 39.6 Å². The van der Waals surface area contributed by atoms with E-state index in [1.807, 2.05) is 32.9 Å². The summed E-state index contributed by atoms with van der Waals surface area (Å²) < 4.78 is 12.3. The lowest BCUT2D eigenvalue weighted by atomic mass is 9.80. The van der Waals surface area contributed by atoms with E-state index in [9.17, 15) is 29.7 Å². The van der Waals surface area contributed by atoms with Crippen LogP contribution in [0, 0.1) is 36.5 Å². The molecule has 3 heterocycles. The number of aromatic hydroxyl groups is 2. The van der Waals surface area contributed by atoms with Gasteiger partial charge in [0.15, 0.2) is 17.0 Å². The largest absolute Gasteiger partial charge is 0.507 e. The first-order valence-corrected chi connectivity index (χ1v) is 21.3. The van der Waals surface area contributed by atoms with Crippen molar-refractivity contribution in [1.29, 1.82) is 0 Å². The standard InChI is InChI=1S/C47H66N4O8/c1-13-16-28(7)45(57)48-38-37-36(49-47(50-37)19-21-51(22-20-47)24-26(4)5)33-34(41(38)55)40(54)31(10)43-35(33)44(56)46(12,59-43)18-15-14-17-27(6)42(58-32(11)52)30(9)39(53)29(8)23-25(2)3/h13-16,25-27,29-30,39,42,53-55H,1,17-24H2,2-12H3,(H,48,57)/b15-14+,28-16-/t27-,29-,30-,39-,42-,46-/m1/s1. The zero-order valence-corrected chi connectivity index (χ0v) is 36.9. The van der Waals surface area contributed by atoms with E-state index in [0.29, 0.717) is 42.0 Å². The summed E-state index contributed by atoms with van der Waals surface area (Å²) in [5.74, 6) is -1.20. The zero-order valence-electron chi connectivity index (χ0n) is 36.9. The minimum Gasteiger partial charge on any atom is -0.507 e. The number of amides is 1. The molecule has 0 bridgehead atoms. The second kappa shape index (κ2) is 18.0. The predicted octanol–water partition coefficient (Wildman–Crippen LogP) is 7.25. The number of aliphatic hydroxyl groups excluding tert-OH is 1. The van der Waals surface area contributed by atoms with Crippen molar-refractivity contribution in [3.8, 4) is 17.2 Å². The molecule has 4 N–H and O–H groups in total. The van der Waals surface area contributed by atoms with Crippen molar-refractivity contribution in [2.75, 3.05) is 25.0 Å². The van der Waals surface area contributed by atoms with Crippen LogP contribution in [0.4, 0.5) is 5.69 Å². The van der Waals surface area contributed by atoms with Crippen molar-refractivity contribution >= 4 is 34.1 Å². The Labute approximate surface area is 349 Å². The monoisotopic (exact) mass is 814 g/mol. The lowest BCUT2D eigenvalue weighted by molar-refractivity contribution is -0.156. The van der Waals surface area contributed by atoms with Gasteiger partial charge < -0.3 is 35.0 Å². The van der Waals surface area contributed by atoms with E-state index < -0.39 is 41.1 Å². The molecule has 59 heavy (non-hydrogen) atoms. The summed E-state index contributed by atoms with van der Waals surface area (Å²) in [6.07, 6.45) is 8.44. The van der Waals surface area contributed by atoms with Crippen LogP contribution < -0.4 is 20.8 Å². The van der Waals surface area contributed by atoms with Gasteiger partial charge in [-0.3, -0.25) is 24.4 Å². The normalized spacial score (nSPS) is 21.5. The SMILES string of the molecule is C=C/C=C(/C)C(=O)Nc1c(O)c2c(O)c(C)c3c(c2c2c1=NC1(CCN(CC(C)C)CC1)N=2)C(=O)[C@@](C)(C/C=C/C[C@@H](C)[C@@H](OC(C)=O)[C@H](C)[C@H](O)[C@H](C)CC(C)C)O3. The molecule has 12 nitrogen and oxygen atoms in total. The van der Waals surface area contributed by atoms with Crippen LogP contribution in [0.1, 0.15) is 117 Å². The van der Waals surface area contributed by atoms with Gasteiger partial charge in [-0.2, -0.15) is 0 Å². The molecule has 0 saturated carbocycles. The molecule has 1 amide bonds. The van der Waals surface area contributed by atoms with Crippen LogP contribution in [0.15, 0.2) is 46.4 Å². The number of phenols is 2. The number of carbonyl (C=O) groups excluding carboxylic acids is 3. The number of carbonyl (C=O) groups is 3. The Balaban J connectivity index is 1.52. The van der Waals surface area contributed by atoms with Gasteiger partial charge in [0.1, 0.15) is 28.6 Å². The van der Waals surface area contributed by atoms with Crippen LogP contribution in [0.2, 0.25) is 0 Å². The molecule has 0 radical (unpaired) electrons. The summed E-state index contributed by atoms with van der Waals surface area (Å²) in [6, 6.07) is 0. The molecule has 0 aromatic heterocycles. The molecule has 3 aliphatic heterocycles. The predicted molar refractivity (Wildman–Crippen MR) is 230 cm³/mol. The number of aliphatic hydroxyl groups is 1. The molecule has 2 aromatic carbocycles. The number of esters is 1. The van der Waals surface area contributed by atoms with Crippen molar-refractivity contribution in [3.05, 3.63) is 58.3 Å². The number of likely N-dealkylation sites (tertiary alicyclic amines) is 1. The second-order valence-corrected chi connectivity index (χ2v) is 18.4. The van der Waals surface area contributed by atoms with E-state index in [-0.39, 0.29) is 74.4 Å². The number of piperidine rings is 1. The highest BCUT2D eigenvalue weighted by Crippen LogP contribution is 2.50. The number of nitrogens with zero attached hydrogens (tertiary/aromatic N) is 3. The fourth-order valence-electron chi connectivity index (χ4n) is 9.15. The number of fused-ring (bicyclic) bond motifs is 5. The van der Waals surface area contributed by atoms with Crippen LogP contribution in [0.3, 0.4) is 0 Å². The van der Waals surface area contributed by atoms with E-state index in [0.717, 1.165) is 26.1 Å². The highest BCUT2D eigenvalue weighted by molar-refractivity contribution is 6.20. The molecule has 1 saturated heterocycles. The van der Waals surface area contributed by atoms with Crippen molar-refractivity contribution in [1.82, 2.24) is 4.90 Å². The summed E-state index contributed by atoms with van der Waals surface area (Å²) >= 11 is 0. The van der Waals surface area contributed by atoms with E-state index >= 15 is 0 Å². The number of Topliss-reactive ketones (excluding diaryl/α,β-unsaturated/α-hetero) is 1. The van der Waals surface area contributed by atoms with E-state index in [1.54, 1.807) is 26.8 Å². The number of benzene rings is 2. The molecular formula is C47H66N4O8. The van der Waals surface area contributed by atoms with Gasteiger partial charge >= 0.3 is 5.97 Å². The van der Waals surface area contributed by atoms with Gasteiger partial charge in [0, 0.05) is 68.3 Å². The molecular weight excluding hydrogens is 749 g/mol. The fraction of sp³-hybridized carbons (Fsp3) is 0.596. The van der Waals surface area contributed by atoms with E-state index in [1.165, 1.54) is 13.0 Å². The number of phenolic OH excluding ortho intramolecular Hbond substituents is 2. The third kappa shape index (κ3) is 9.28. The number of rotatable bonds is 16. The van der Waals surface area contributed by atoms with Crippen LogP contribution in [-0.4, -0.2) is 81.0 Å². The topological polar surface area (TPSA) is 170 Å². The van der Waals surface area contributed by atoms with Gasteiger partial charge in [0.2, 0.25) is 5.78 Å². The van der Waals surface area contributed by atoms with Gasteiger partial charge in [-0.1, -0.05) is 79.3 Å². The average molecular weight is 815 g/mol.